The van der Waals surface area contributed by atoms with E-state index in [9.17, 15) is 0 Å². The molecule has 0 unspecified atom stereocenters. The van der Waals surface area contributed by atoms with E-state index in [0.717, 1.165) is 0 Å². The van der Waals surface area contributed by atoms with Crippen LogP contribution in [-0.2, 0) is 37.4 Å². The molecule has 0 amide bonds. The van der Waals surface area contributed by atoms with Crippen LogP contribution in [-0.4, -0.2) is 12.2 Å². The van der Waals surface area contributed by atoms with Crippen LogP contribution >= 0.6 is 0 Å². The molecule has 1 fully saturated rings. The number of rotatable bonds is 0. The van der Waals surface area contributed by atoms with Gasteiger partial charge in [-0.1, -0.05) is 13.0 Å². The Hall–Kier alpha value is 1.06. The third-order valence-corrected chi connectivity index (χ3v) is 1.75. The van der Waals surface area contributed by atoms with E-state index in [1.54, 1.807) is 0 Å². The summed E-state index contributed by atoms with van der Waals surface area (Å²) in [4.78, 5) is 0. The second-order valence-electron chi connectivity index (χ2n) is 2.70. The van der Waals surface area contributed by atoms with Crippen LogP contribution in [0.15, 0.2) is 0 Å². The Balaban J connectivity index is 0.000000640. The second-order valence-corrected chi connectivity index (χ2v) is 2.70. The van der Waals surface area contributed by atoms with E-state index in [1.165, 1.54) is 6.42 Å². The molecule has 9 heavy (non-hydrogen) atoms. The van der Waals surface area contributed by atoms with Crippen molar-refractivity contribution < 1.29 is 37.4 Å². The van der Waals surface area contributed by atoms with Gasteiger partial charge in [0.1, 0.15) is 0 Å². The van der Waals surface area contributed by atoms with Crippen LogP contribution in [0.1, 0.15) is 20.3 Å². The molecule has 0 aromatic carbocycles. The van der Waals surface area contributed by atoms with Crippen molar-refractivity contribution in [3.05, 3.63) is 6.92 Å². The first kappa shape index (κ1) is 10.1. The summed E-state index contributed by atoms with van der Waals surface area (Å²) in [6, 6.07) is 0. The Morgan fingerprint density at radius 1 is 1.44 bits per heavy atom. The van der Waals surface area contributed by atoms with E-state index in [2.05, 4.69) is 20.8 Å². The summed E-state index contributed by atoms with van der Waals surface area (Å²) in [6.45, 7) is 8.13. The summed E-state index contributed by atoms with van der Waals surface area (Å²) >= 11 is 0. The summed E-state index contributed by atoms with van der Waals surface area (Å²) in [5.74, 6) is 0.657. The van der Waals surface area contributed by atoms with Crippen LogP contribution < -0.4 is 0 Å². The Morgan fingerprint density at radius 3 is 2.11 bits per heavy atom. The topological polar surface area (TPSA) is 9.23 Å². The van der Waals surface area contributed by atoms with Crippen LogP contribution in [0.4, 0.5) is 0 Å². The van der Waals surface area contributed by atoms with Gasteiger partial charge in [0, 0.05) is 32.7 Å². The summed E-state index contributed by atoms with van der Waals surface area (Å²) in [5, 5.41) is 0. The largest absolute Gasteiger partial charge is 0.407 e. The molecule has 1 radical (unpaired) electrons. The average molecular weight is 202 g/mol. The zero-order valence-electron chi connectivity index (χ0n) is 6.13. The molecular formula is C7H13OY-. The van der Waals surface area contributed by atoms with Crippen LogP contribution in [0.25, 0.3) is 0 Å². The maximum absolute atomic E-state index is 5.36. The molecule has 0 aliphatic carbocycles. The molecule has 1 aliphatic rings. The molecule has 51 valence electrons. The molecule has 0 saturated carbocycles. The molecule has 0 bridgehead atoms. The van der Waals surface area contributed by atoms with Crippen molar-refractivity contribution in [3.8, 4) is 0 Å². The second kappa shape index (κ2) is 4.05. The maximum atomic E-state index is 5.36. The van der Waals surface area contributed by atoms with Crippen molar-refractivity contribution in [3.63, 3.8) is 0 Å². The summed E-state index contributed by atoms with van der Waals surface area (Å²) in [5.41, 5.74) is 0. The fourth-order valence-electron chi connectivity index (χ4n) is 1.16. The molecule has 1 aliphatic heterocycles. The van der Waals surface area contributed by atoms with Crippen molar-refractivity contribution in [2.45, 2.75) is 32.5 Å². The van der Waals surface area contributed by atoms with Gasteiger partial charge in [-0.15, -0.1) is 0 Å². The molecule has 1 heterocycles. The number of hydrogen-bond donors (Lipinski definition) is 0. The van der Waals surface area contributed by atoms with Gasteiger partial charge in [-0.3, -0.25) is 0 Å². The summed E-state index contributed by atoms with van der Waals surface area (Å²) in [6.07, 6.45) is 1.85. The molecule has 3 atom stereocenters. The Kier molecular flexibility index (Phi) is 4.53. The van der Waals surface area contributed by atoms with Crippen LogP contribution in [0.5, 0.6) is 0 Å². The Bertz CT molecular complexity index is 75.0. The molecule has 0 spiro atoms. The Labute approximate surface area is 82.4 Å². The molecule has 1 saturated heterocycles. The van der Waals surface area contributed by atoms with Gasteiger partial charge in [0.15, 0.2) is 0 Å². The molecule has 1 rings (SSSR count). The van der Waals surface area contributed by atoms with E-state index in [0.29, 0.717) is 12.0 Å². The van der Waals surface area contributed by atoms with Gasteiger partial charge in [0.05, 0.1) is 6.10 Å². The van der Waals surface area contributed by atoms with Gasteiger partial charge in [0.25, 0.3) is 0 Å². The first-order valence-corrected chi connectivity index (χ1v) is 3.18. The van der Waals surface area contributed by atoms with E-state index < -0.39 is 0 Å². The fraction of sp³-hybridized carbons (Fsp3) is 0.857. The van der Waals surface area contributed by atoms with Crippen molar-refractivity contribution >= 4 is 0 Å². The minimum Gasteiger partial charge on any atom is -0.407 e. The first-order chi connectivity index (χ1) is 3.70. The third kappa shape index (κ3) is 2.65. The van der Waals surface area contributed by atoms with Crippen LogP contribution in [0.2, 0.25) is 0 Å². The van der Waals surface area contributed by atoms with Gasteiger partial charge in [-0.05, 0) is 19.3 Å². The first-order valence-electron chi connectivity index (χ1n) is 3.18. The predicted octanol–water partition coefficient (Wildman–Crippen LogP) is 1.63. The third-order valence-electron chi connectivity index (χ3n) is 1.75. The van der Waals surface area contributed by atoms with Crippen LogP contribution in [0, 0.1) is 12.8 Å². The standard InChI is InChI=1S/C7H13O.Y/c1-5-4-6(2)8-7(5)3;/h5-7H,3-4H2,1-2H3;/q-1;/t5-,6+,7-;/m1./s1. The predicted molar refractivity (Wildman–Crippen MR) is 33.5 cm³/mol. The minimum atomic E-state index is 0. The zero-order valence-corrected chi connectivity index (χ0v) is 8.97. The quantitative estimate of drug-likeness (QED) is 0.542. The van der Waals surface area contributed by atoms with Gasteiger partial charge < -0.3 is 11.7 Å². The van der Waals surface area contributed by atoms with Gasteiger partial charge in [0.2, 0.25) is 0 Å². The minimum absolute atomic E-state index is 0. The maximum Gasteiger partial charge on any atom is 0.0517 e. The van der Waals surface area contributed by atoms with Gasteiger partial charge in [-0.25, -0.2) is 0 Å². The van der Waals surface area contributed by atoms with Gasteiger partial charge in [-0.2, -0.15) is 0 Å². The summed E-state index contributed by atoms with van der Waals surface area (Å²) in [7, 11) is 0. The fourth-order valence-corrected chi connectivity index (χ4v) is 1.16. The molecule has 0 N–H and O–H groups in total. The monoisotopic (exact) mass is 202 g/mol. The summed E-state index contributed by atoms with van der Waals surface area (Å²) < 4.78 is 5.36. The molecular weight excluding hydrogens is 189 g/mol. The van der Waals surface area contributed by atoms with Crippen molar-refractivity contribution in [2.24, 2.45) is 5.92 Å². The Morgan fingerprint density at radius 2 is 2.00 bits per heavy atom. The number of ether oxygens (including phenoxy) is 1. The normalized spacial score (nSPS) is 42.3. The SMILES string of the molecule is [CH2-][C@H]1O[C@@H](C)C[C@H]1C.[Y]. The van der Waals surface area contributed by atoms with E-state index in [1.807, 2.05) is 0 Å². The van der Waals surface area contributed by atoms with Crippen molar-refractivity contribution in [1.82, 2.24) is 0 Å². The zero-order chi connectivity index (χ0) is 6.15. The smallest absolute Gasteiger partial charge is 0.0517 e. The van der Waals surface area contributed by atoms with E-state index in [4.69, 9.17) is 4.74 Å². The number of hydrogen-bond acceptors (Lipinski definition) is 1. The van der Waals surface area contributed by atoms with Crippen molar-refractivity contribution in [2.75, 3.05) is 0 Å². The van der Waals surface area contributed by atoms with Crippen molar-refractivity contribution in [1.29, 1.82) is 0 Å². The van der Waals surface area contributed by atoms with Crippen LogP contribution in [0.3, 0.4) is 0 Å². The molecule has 2 heteroatoms. The average Bonchev–Trinajstić information content (AvgIpc) is 1.85. The van der Waals surface area contributed by atoms with Gasteiger partial charge >= 0.3 is 0 Å². The molecule has 1 nitrogen and oxygen atoms in total. The van der Waals surface area contributed by atoms with E-state index >= 15 is 0 Å². The molecule has 0 aromatic heterocycles. The molecule has 0 aromatic rings. The van der Waals surface area contributed by atoms with E-state index in [-0.39, 0.29) is 38.8 Å².